The van der Waals surface area contributed by atoms with Crippen LogP contribution < -0.4 is 9.64 Å². The summed E-state index contributed by atoms with van der Waals surface area (Å²) in [7, 11) is 0. The molecule has 284 valence electrons. The van der Waals surface area contributed by atoms with E-state index in [2.05, 4.69) is 195 Å². The third kappa shape index (κ3) is 6.20. The second-order valence-corrected chi connectivity index (χ2v) is 16.1. The fraction of sp³-hybridized carbons (Fsp3) is 0.140. The Kier molecular flexibility index (Phi) is 8.86. The van der Waals surface area contributed by atoms with Crippen LogP contribution in [0, 0.1) is 18.8 Å². The van der Waals surface area contributed by atoms with E-state index in [1.165, 1.54) is 11.1 Å². The molecule has 0 saturated heterocycles. The molecule has 0 saturated carbocycles. The first-order valence-electron chi connectivity index (χ1n) is 19.1. The zero-order chi connectivity index (χ0) is 38.2. The second kappa shape index (κ2) is 13.8. The number of benzene rings is 6. The summed E-state index contributed by atoms with van der Waals surface area (Å²) in [5, 5.41) is 2.22. The zero-order valence-electron chi connectivity index (χ0n) is 32.4. The molecule has 6 nitrogen and oxygen atoms in total. The van der Waals surface area contributed by atoms with Crippen LogP contribution in [0.2, 0.25) is 0 Å². The molecular formula is C50H40N5OPt-3. The van der Waals surface area contributed by atoms with Gasteiger partial charge in [-0.1, -0.05) is 131 Å². The van der Waals surface area contributed by atoms with Gasteiger partial charge in [-0.25, -0.2) is 4.98 Å². The van der Waals surface area contributed by atoms with Crippen molar-refractivity contribution >= 4 is 44.2 Å². The molecule has 0 unspecified atom stereocenters. The normalized spacial score (nSPS) is 12.6. The molecule has 6 aromatic carbocycles. The maximum absolute atomic E-state index is 6.78. The van der Waals surface area contributed by atoms with Gasteiger partial charge >= 0.3 is 0 Å². The van der Waals surface area contributed by atoms with Gasteiger partial charge in [-0.05, 0) is 70.0 Å². The Morgan fingerprint density at radius 3 is 2.19 bits per heavy atom. The standard InChI is InChI=1S/C50H40N5O.Pt/c1-49(2,3)35-27-36(53-32-54-45-22-14-11-19-42(45)52-48(54)41-18-10-12-20-43(41)53)30-38(28-35)56-37-23-24-40-39-17-9-13-21-44(39)55(46(40)31-37)47-29-34(25-26-51-47)50(4,5)33-15-7-6-8-16-33;/h6-29,32H,1-5H3;/q-3;. The van der Waals surface area contributed by atoms with Gasteiger partial charge in [0.25, 0.3) is 0 Å². The Morgan fingerprint density at radius 2 is 1.37 bits per heavy atom. The molecule has 0 aliphatic carbocycles. The molecule has 1 aliphatic heterocycles. The largest absolute Gasteiger partial charge is 0.509 e. The molecular weight excluding hydrogens is 882 g/mol. The van der Waals surface area contributed by atoms with Crippen LogP contribution in [-0.4, -0.2) is 19.1 Å². The number of pyridine rings is 1. The number of ether oxygens (including phenoxy) is 1. The van der Waals surface area contributed by atoms with Crippen molar-refractivity contribution in [3.8, 4) is 28.7 Å². The molecule has 0 spiro atoms. The van der Waals surface area contributed by atoms with E-state index in [1.54, 1.807) is 0 Å². The van der Waals surface area contributed by atoms with Gasteiger partial charge in [-0.3, -0.25) is 0 Å². The first-order chi connectivity index (χ1) is 27.1. The minimum absolute atomic E-state index is 0. The van der Waals surface area contributed by atoms with Crippen molar-refractivity contribution in [2.24, 2.45) is 0 Å². The summed E-state index contributed by atoms with van der Waals surface area (Å²) < 4.78 is 11.2. The predicted octanol–water partition coefficient (Wildman–Crippen LogP) is 12.3. The molecule has 4 heterocycles. The SMILES string of the molecule is CC(C)(C)c1cc(Oc2[c-]c3c(cc2)c2ccccc2n3-c2cc(C(C)(C)c3ccccc3)ccn2)[c-]c(N2[CH-]n3c(nc4ccccc43)-c3ccccc32)c1.[Pt]. The Hall–Kier alpha value is -6.10. The molecule has 0 amide bonds. The summed E-state index contributed by atoms with van der Waals surface area (Å²) in [6.07, 6.45) is 1.91. The molecule has 0 atom stereocenters. The molecule has 0 bridgehead atoms. The van der Waals surface area contributed by atoms with Crippen molar-refractivity contribution in [1.82, 2.24) is 19.1 Å². The smallest absolute Gasteiger partial charge is 0.135 e. The van der Waals surface area contributed by atoms with E-state index in [-0.39, 0.29) is 31.9 Å². The van der Waals surface area contributed by atoms with Crippen LogP contribution >= 0.6 is 0 Å². The number of nitrogens with zero attached hydrogens (tertiary/aromatic N) is 5. The quantitative estimate of drug-likeness (QED) is 0.156. The van der Waals surface area contributed by atoms with Gasteiger partial charge in [0.1, 0.15) is 5.82 Å². The minimum atomic E-state index is -0.222. The number of rotatable bonds is 6. The zero-order valence-corrected chi connectivity index (χ0v) is 34.7. The van der Waals surface area contributed by atoms with Crippen LogP contribution in [0.5, 0.6) is 11.5 Å². The molecule has 0 fully saturated rings. The minimum Gasteiger partial charge on any atom is -0.509 e. The van der Waals surface area contributed by atoms with E-state index in [4.69, 9.17) is 14.7 Å². The van der Waals surface area contributed by atoms with Crippen molar-refractivity contribution in [3.63, 3.8) is 0 Å². The summed E-state index contributed by atoms with van der Waals surface area (Å²) in [6, 6.07) is 55.9. The third-order valence-electron chi connectivity index (χ3n) is 11.2. The van der Waals surface area contributed by atoms with Crippen molar-refractivity contribution in [1.29, 1.82) is 0 Å². The van der Waals surface area contributed by atoms with Gasteiger partial charge < -0.3 is 23.8 Å². The maximum atomic E-state index is 6.78. The molecule has 3 aromatic heterocycles. The van der Waals surface area contributed by atoms with E-state index < -0.39 is 0 Å². The van der Waals surface area contributed by atoms with E-state index in [9.17, 15) is 0 Å². The number of anilines is 2. The van der Waals surface area contributed by atoms with Crippen LogP contribution in [0.15, 0.2) is 146 Å². The average molecular weight is 922 g/mol. The van der Waals surface area contributed by atoms with Gasteiger partial charge in [-0.2, -0.15) is 6.07 Å². The Morgan fingerprint density at radius 1 is 0.632 bits per heavy atom. The summed E-state index contributed by atoms with van der Waals surface area (Å²) in [6.45, 7) is 13.3. The van der Waals surface area contributed by atoms with Crippen LogP contribution in [0.1, 0.15) is 51.3 Å². The topological polar surface area (TPSA) is 48.1 Å². The summed E-state index contributed by atoms with van der Waals surface area (Å²) >= 11 is 0. The molecule has 9 aromatic rings. The first-order valence-corrected chi connectivity index (χ1v) is 19.1. The molecule has 57 heavy (non-hydrogen) atoms. The first kappa shape index (κ1) is 36.5. The molecule has 10 rings (SSSR count). The Labute approximate surface area is 347 Å². The summed E-state index contributed by atoms with van der Waals surface area (Å²) in [5.41, 5.74) is 10.1. The third-order valence-corrected chi connectivity index (χ3v) is 11.2. The van der Waals surface area contributed by atoms with Crippen molar-refractivity contribution in [3.05, 3.63) is 181 Å². The van der Waals surface area contributed by atoms with Crippen molar-refractivity contribution < 1.29 is 25.8 Å². The molecule has 7 heteroatoms. The van der Waals surface area contributed by atoms with E-state index >= 15 is 0 Å². The van der Waals surface area contributed by atoms with Gasteiger partial charge in [-0.15, -0.1) is 41.3 Å². The van der Waals surface area contributed by atoms with Crippen LogP contribution in [-0.2, 0) is 31.9 Å². The fourth-order valence-corrected chi connectivity index (χ4v) is 7.98. The molecule has 0 radical (unpaired) electrons. The van der Waals surface area contributed by atoms with Gasteiger partial charge in [0.15, 0.2) is 0 Å². The van der Waals surface area contributed by atoms with Gasteiger partial charge in [0, 0.05) is 66.7 Å². The number of imidazole rings is 1. The predicted molar refractivity (Wildman–Crippen MR) is 227 cm³/mol. The number of hydrogen-bond donors (Lipinski definition) is 0. The van der Waals surface area contributed by atoms with Crippen molar-refractivity contribution in [2.45, 2.75) is 45.4 Å². The number of para-hydroxylation sites is 4. The van der Waals surface area contributed by atoms with E-state index in [1.807, 2.05) is 18.3 Å². The average Bonchev–Trinajstić information content (AvgIpc) is 3.76. The molecule has 1 aliphatic rings. The van der Waals surface area contributed by atoms with Crippen LogP contribution in [0.3, 0.4) is 0 Å². The number of fused-ring (bicyclic) bond motifs is 8. The monoisotopic (exact) mass is 921 g/mol. The van der Waals surface area contributed by atoms with Crippen molar-refractivity contribution in [2.75, 3.05) is 4.90 Å². The maximum Gasteiger partial charge on any atom is 0.135 e. The number of hydrogen-bond acceptors (Lipinski definition) is 4. The summed E-state index contributed by atoms with van der Waals surface area (Å²) in [5.74, 6) is 2.97. The Bertz CT molecular complexity index is 2950. The van der Waals surface area contributed by atoms with E-state index in [0.29, 0.717) is 11.5 Å². The van der Waals surface area contributed by atoms with Crippen LogP contribution in [0.25, 0.3) is 50.0 Å². The fourth-order valence-electron chi connectivity index (χ4n) is 7.98. The summed E-state index contributed by atoms with van der Waals surface area (Å²) in [4.78, 5) is 12.1. The van der Waals surface area contributed by atoms with Gasteiger partial charge in [0.05, 0.1) is 0 Å². The van der Waals surface area contributed by atoms with E-state index in [0.717, 1.165) is 67.0 Å². The number of aromatic nitrogens is 4. The Balaban J connectivity index is 0.00000422. The molecule has 0 N–H and O–H groups in total. The van der Waals surface area contributed by atoms with Gasteiger partial charge in [0.2, 0.25) is 0 Å². The van der Waals surface area contributed by atoms with Crippen LogP contribution in [0.4, 0.5) is 11.4 Å². The second-order valence-electron chi connectivity index (χ2n) is 16.1.